The van der Waals surface area contributed by atoms with Crippen molar-refractivity contribution >= 4 is 18.3 Å². The molecule has 3 aliphatic heterocycles. The van der Waals surface area contributed by atoms with Crippen LogP contribution in [0.3, 0.4) is 0 Å². The zero-order valence-electron chi connectivity index (χ0n) is 16.1. The number of para-hydroxylation sites is 2. The van der Waals surface area contributed by atoms with Gasteiger partial charge in [0.15, 0.2) is 11.5 Å². The van der Waals surface area contributed by atoms with Crippen molar-refractivity contribution in [1.29, 1.82) is 0 Å². The predicted molar refractivity (Wildman–Crippen MR) is 109 cm³/mol. The quantitative estimate of drug-likeness (QED) is 0.765. The van der Waals surface area contributed by atoms with Crippen LogP contribution in [0.15, 0.2) is 42.5 Å². The Hall–Kier alpha value is -2.31. The summed E-state index contributed by atoms with van der Waals surface area (Å²) in [5, 5.41) is 0. The Morgan fingerprint density at radius 3 is 2.76 bits per heavy atom. The molecule has 29 heavy (non-hydrogen) atoms. The number of carbonyl (C=O) groups is 1. The fraction of sp³-hybridized carbons (Fsp3) is 0.409. The van der Waals surface area contributed by atoms with E-state index in [2.05, 4.69) is 4.90 Å². The maximum Gasteiger partial charge on any atom is 0.254 e. The number of fused-ring (bicyclic) bond motifs is 2. The third kappa shape index (κ3) is 3.79. The topological polar surface area (TPSA) is 42.0 Å². The predicted octanol–water partition coefficient (Wildman–Crippen LogP) is 3.51. The van der Waals surface area contributed by atoms with Crippen molar-refractivity contribution in [3.05, 3.63) is 59.4 Å². The van der Waals surface area contributed by atoms with Crippen molar-refractivity contribution in [1.82, 2.24) is 9.80 Å². The van der Waals surface area contributed by atoms with Gasteiger partial charge in [0.1, 0.15) is 18.5 Å². The van der Waals surface area contributed by atoms with Gasteiger partial charge in [-0.2, -0.15) is 0 Å². The number of carbonyl (C=O) groups excluding carboxylic acids is 1. The first-order valence-corrected chi connectivity index (χ1v) is 9.88. The molecule has 1 amide bonds. The van der Waals surface area contributed by atoms with E-state index < -0.39 is 0 Å². The van der Waals surface area contributed by atoms with E-state index in [4.69, 9.17) is 9.47 Å². The highest BCUT2D eigenvalue weighted by atomic mass is 35.5. The van der Waals surface area contributed by atoms with Crippen LogP contribution in [-0.2, 0) is 6.54 Å². The van der Waals surface area contributed by atoms with E-state index in [1.54, 1.807) is 12.1 Å². The van der Waals surface area contributed by atoms with Gasteiger partial charge >= 0.3 is 0 Å². The molecule has 0 saturated carbocycles. The highest BCUT2D eigenvalue weighted by molar-refractivity contribution is 5.98. The van der Waals surface area contributed by atoms with Gasteiger partial charge in [-0.1, -0.05) is 18.2 Å². The summed E-state index contributed by atoms with van der Waals surface area (Å²) in [6, 6.07) is 12.6. The van der Waals surface area contributed by atoms with E-state index in [9.17, 15) is 9.18 Å². The number of amides is 1. The summed E-state index contributed by atoms with van der Waals surface area (Å²) in [5.41, 5.74) is 1.04. The minimum absolute atomic E-state index is 0. The van der Waals surface area contributed by atoms with Crippen molar-refractivity contribution in [2.24, 2.45) is 0 Å². The van der Waals surface area contributed by atoms with E-state index in [0.29, 0.717) is 24.3 Å². The summed E-state index contributed by atoms with van der Waals surface area (Å²) >= 11 is 0. The second kappa shape index (κ2) is 8.20. The first-order chi connectivity index (χ1) is 13.7. The third-order valence-electron chi connectivity index (χ3n) is 5.89. The molecule has 2 aromatic carbocycles. The number of hydrogen-bond acceptors (Lipinski definition) is 4. The van der Waals surface area contributed by atoms with Crippen molar-refractivity contribution in [3.63, 3.8) is 0 Å². The summed E-state index contributed by atoms with van der Waals surface area (Å²) in [6.45, 7) is 3.41. The molecule has 0 aromatic heterocycles. The van der Waals surface area contributed by atoms with E-state index in [1.165, 1.54) is 6.07 Å². The van der Waals surface area contributed by atoms with Gasteiger partial charge in [0.05, 0.1) is 6.54 Å². The maximum absolute atomic E-state index is 14.1. The lowest BCUT2D eigenvalue weighted by molar-refractivity contribution is 0.0306. The van der Waals surface area contributed by atoms with Gasteiger partial charge < -0.3 is 14.4 Å². The van der Waals surface area contributed by atoms with Gasteiger partial charge in [-0.05, 0) is 43.7 Å². The maximum atomic E-state index is 14.1. The molecule has 0 spiro atoms. The molecule has 5 rings (SSSR count). The summed E-state index contributed by atoms with van der Waals surface area (Å²) < 4.78 is 26.0. The average molecular weight is 419 g/mol. The summed E-state index contributed by atoms with van der Waals surface area (Å²) in [5.74, 6) is 1.24. The van der Waals surface area contributed by atoms with Crippen molar-refractivity contribution in [2.75, 3.05) is 26.2 Å². The van der Waals surface area contributed by atoms with Gasteiger partial charge in [0.2, 0.25) is 0 Å². The number of nitrogens with zero attached hydrogens (tertiary/aromatic N) is 2. The Morgan fingerprint density at radius 2 is 1.93 bits per heavy atom. The van der Waals surface area contributed by atoms with Crippen LogP contribution in [0, 0.1) is 5.82 Å². The largest absolute Gasteiger partial charge is 0.486 e. The summed E-state index contributed by atoms with van der Waals surface area (Å²) in [6.07, 6.45) is 1.93. The minimum Gasteiger partial charge on any atom is -0.486 e. The molecule has 5 nitrogen and oxygen atoms in total. The smallest absolute Gasteiger partial charge is 0.254 e. The van der Waals surface area contributed by atoms with Gasteiger partial charge in [-0.3, -0.25) is 9.69 Å². The number of rotatable bonds is 3. The highest BCUT2D eigenvalue weighted by Gasteiger charge is 2.37. The Kier molecular flexibility index (Phi) is 5.65. The molecule has 2 atom stereocenters. The molecular formula is C22H24ClFN2O3. The van der Waals surface area contributed by atoms with E-state index in [-0.39, 0.29) is 36.3 Å². The SMILES string of the molecule is Cl.O=C1c2cccc(F)c2CN1[C@H]1CCCN(C[C@H]2COc3ccccc3O2)C1. The Morgan fingerprint density at radius 1 is 1.10 bits per heavy atom. The zero-order chi connectivity index (χ0) is 19.1. The van der Waals surface area contributed by atoms with Crippen LogP contribution >= 0.6 is 12.4 Å². The van der Waals surface area contributed by atoms with Crippen molar-refractivity contribution in [3.8, 4) is 11.5 Å². The van der Waals surface area contributed by atoms with Crippen molar-refractivity contribution in [2.45, 2.75) is 31.5 Å². The Balaban J connectivity index is 0.00000205. The number of ether oxygens (including phenoxy) is 2. The van der Waals surface area contributed by atoms with E-state index in [0.717, 1.165) is 44.0 Å². The fourth-order valence-corrected chi connectivity index (χ4v) is 4.50. The first kappa shape index (κ1) is 20.0. The van der Waals surface area contributed by atoms with Crippen LogP contribution < -0.4 is 9.47 Å². The van der Waals surface area contributed by atoms with E-state index in [1.807, 2.05) is 29.2 Å². The van der Waals surface area contributed by atoms with Crippen LogP contribution in [0.4, 0.5) is 4.39 Å². The molecule has 3 heterocycles. The number of hydrogen-bond donors (Lipinski definition) is 0. The monoisotopic (exact) mass is 418 g/mol. The molecule has 0 radical (unpaired) electrons. The molecule has 0 N–H and O–H groups in total. The highest BCUT2D eigenvalue weighted by Crippen LogP contribution is 2.32. The number of likely N-dealkylation sites (tertiary alicyclic amines) is 1. The van der Waals surface area contributed by atoms with E-state index >= 15 is 0 Å². The summed E-state index contributed by atoms with van der Waals surface area (Å²) in [7, 11) is 0. The first-order valence-electron chi connectivity index (χ1n) is 9.88. The summed E-state index contributed by atoms with van der Waals surface area (Å²) in [4.78, 5) is 17.0. The van der Waals surface area contributed by atoms with Crippen molar-refractivity contribution < 1.29 is 18.7 Å². The lowest BCUT2D eigenvalue weighted by atomic mass is 10.0. The zero-order valence-corrected chi connectivity index (χ0v) is 16.9. The molecule has 154 valence electrons. The fourth-order valence-electron chi connectivity index (χ4n) is 4.50. The second-order valence-electron chi connectivity index (χ2n) is 7.75. The van der Waals surface area contributed by atoms with Crippen LogP contribution in [-0.4, -0.2) is 54.1 Å². The third-order valence-corrected chi connectivity index (χ3v) is 5.89. The van der Waals surface area contributed by atoms with Crippen LogP contribution in [0.1, 0.15) is 28.8 Å². The Labute approximate surface area is 175 Å². The van der Waals surface area contributed by atoms with Crippen LogP contribution in [0.5, 0.6) is 11.5 Å². The molecule has 3 aliphatic rings. The molecular weight excluding hydrogens is 395 g/mol. The molecule has 1 fully saturated rings. The van der Waals surface area contributed by atoms with Crippen LogP contribution in [0.25, 0.3) is 0 Å². The lowest BCUT2D eigenvalue weighted by Gasteiger charge is -2.39. The second-order valence-corrected chi connectivity index (χ2v) is 7.75. The van der Waals surface area contributed by atoms with Gasteiger partial charge in [-0.25, -0.2) is 4.39 Å². The number of halogens is 2. The Bertz CT molecular complexity index is 909. The number of piperidine rings is 1. The van der Waals surface area contributed by atoms with Gasteiger partial charge in [0.25, 0.3) is 5.91 Å². The molecule has 0 unspecified atom stereocenters. The molecule has 0 aliphatic carbocycles. The number of benzene rings is 2. The van der Waals surface area contributed by atoms with Gasteiger partial charge in [0, 0.05) is 30.3 Å². The minimum atomic E-state index is -0.285. The molecule has 7 heteroatoms. The molecule has 0 bridgehead atoms. The van der Waals surface area contributed by atoms with Gasteiger partial charge in [-0.15, -0.1) is 12.4 Å². The van der Waals surface area contributed by atoms with Crippen LogP contribution in [0.2, 0.25) is 0 Å². The molecule has 2 aromatic rings. The standard InChI is InChI=1S/C22H23FN2O3.ClH/c23-19-7-3-6-17-18(19)13-25(22(17)26)15-5-4-10-24(11-15)12-16-14-27-20-8-1-2-9-21(20)28-16;/h1-3,6-9,15-16H,4-5,10-14H2;1H/t15-,16-;/m0./s1. The average Bonchev–Trinajstić information content (AvgIpc) is 3.06. The molecule has 1 saturated heterocycles. The lowest BCUT2D eigenvalue weighted by Crippen LogP contribution is -2.51. The normalized spacial score (nSPS) is 23.5.